The fourth-order valence-corrected chi connectivity index (χ4v) is 3.01. The van der Waals surface area contributed by atoms with E-state index in [-0.39, 0.29) is 5.41 Å². The normalized spacial score (nSPS) is 28.9. The van der Waals surface area contributed by atoms with Crippen LogP contribution >= 0.6 is 0 Å². The van der Waals surface area contributed by atoms with Crippen LogP contribution in [0, 0.1) is 5.41 Å². The van der Waals surface area contributed by atoms with Crippen molar-refractivity contribution in [2.24, 2.45) is 5.41 Å². The van der Waals surface area contributed by atoms with Gasteiger partial charge in [-0.05, 0) is 44.4 Å². The average molecular weight is 226 g/mol. The summed E-state index contributed by atoms with van der Waals surface area (Å²) >= 11 is 0. The molecule has 0 saturated carbocycles. The molecule has 0 saturated heterocycles. The second kappa shape index (κ2) is 5.33. The van der Waals surface area contributed by atoms with E-state index in [1.165, 1.54) is 5.57 Å². The minimum atomic E-state index is -0.525. The van der Waals surface area contributed by atoms with Crippen molar-refractivity contribution >= 4 is 0 Å². The number of ether oxygens (including phenoxy) is 1. The van der Waals surface area contributed by atoms with Crippen molar-refractivity contribution in [2.75, 3.05) is 13.7 Å². The third kappa shape index (κ3) is 2.86. The van der Waals surface area contributed by atoms with Crippen molar-refractivity contribution in [3.8, 4) is 0 Å². The Balaban J connectivity index is 2.89. The Morgan fingerprint density at radius 1 is 1.38 bits per heavy atom. The van der Waals surface area contributed by atoms with E-state index in [0.717, 1.165) is 38.7 Å². The molecule has 1 rings (SSSR count). The molecule has 1 N–H and O–H groups in total. The number of methoxy groups -OCH3 is 1. The summed E-state index contributed by atoms with van der Waals surface area (Å²) in [5.41, 5.74) is 1.16. The van der Waals surface area contributed by atoms with Crippen molar-refractivity contribution in [1.29, 1.82) is 0 Å². The third-order valence-electron chi connectivity index (χ3n) is 4.12. The molecule has 0 radical (unpaired) electrons. The molecule has 94 valence electrons. The highest BCUT2D eigenvalue weighted by atomic mass is 16.5. The molecule has 1 aliphatic carbocycles. The molecule has 0 aromatic heterocycles. The number of hydrogen-bond donors (Lipinski definition) is 1. The Bertz CT molecular complexity index is 249. The maximum absolute atomic E-state index is 10.2. The summed E-state index contributed by atoms with van der Waals surface area (Å²) < 4.78 is 5.18. The Morgan fingerprint density at radius 2 is 2.00 bits per heavy atom. The SMILES string of the molecule is CCC1(CC)CC(C)(O)CC=C1CCOC. The number of aliphatic hydroxyl groups is 1. The molecule has 0 fully saturated rings. The predicted molar refractivity (Wildman–Crippen MR) is 67.4 cm³/mol. The lowest BCUT2D eigenvalue weighted by molar-refractivity contribution is 0.00308. The summed E-state index contributed by atoms with van der Waals surface area (Å²) in [7, 11) is 1.75. The van der Waals surface area contributed by atoms with Gasteiger partial charge in [-0.15, -0.1) is 0 Å². The monoisotopic (exact) mass is 226 g/mol. The van der Waals surface area contributed by atoms with Crippen LogP contribution in [-0.4, -0.2) is 24.4 Å². The summed E-state index contributed by atoms with van der Waals surface area (Å²) in [6.45, 7) is 7.20. The van der Waals surface area contributed by atoms with Crippen molar-refractivity contribution in [3.63, 3.8) is 0 Å². The molecule has 2 nitrogen and oxygen atoms in total. The summed E-state index contributed by atoms with van der Waals surface area (Å²) in [6.07, 6.45) is 7.14. The molecule has 0 aromatic rings. The molecular formula is C14H26O2. The molecule has 16 heavy (non-hydrogen) atoms. The Morgan fingerprint density at radius 3 is 2.50 bits per heavy atom. The van der Waals surface area contributed by atoms with Crippen LogP contribution in [0.25, 0.3) is 0 Å². The molecule has 0 amide bonds. The standard InChI is InChI=1S/C14H26O2/c1-5-14(6-2)11-13(3,15)9-7-12(14)8-10-16-4/h7,15H,5-6,8-11H2,1-4H3. The summed E-state index contributed by atoms with van der Waals surface area (Å²) in [4.78, 5) is 0. The average Bonchev–Trinajstić information content (AvgIpc) is 2.26. The van der Waals surface area contributed by atoms with Gasteiger partial charge in [0, 0.05) is 13.7 Å². The third-order valence-corrected chi connectivity index (χ3v) is 4.12. The molecule has 0 spiro atoms. The molecule has 0 aromatic carbocycles. The van der Waals surface area contributed by atoms with Crippen LogP contribution in [0.2, 0.25) is 0 Å². The topological polar surface area (TPSA) is 29.5 Å². The van der Waals surface area contributed by atoms with Crippen LogP contribution in [0.4, 0.5) is 0 Å². The minimum absolute atomic E-state index is 0.195. The first kappa shape index (κ1) is 13.7. The summed E-state index contributed by atoms with van der Waals surface area (Å²) in [5.74, 6) is 0. The predicted octanol–water partition coefficient (Wildman–Crippen LogP) is 3.30. The van der Waals surface area contributed by atoms with Crippen molar-refractivity contribution in [3.05, 3.63) is 11.6 Å². The van der Waals surface area contributed by atoms with Gasteiger partial charge < -0.3 is 9.84 Å². The van der Waals surface area contributed by atoms with Crippen LogP contribution in [0.5, 0.6) is 0 Å². The highest BCUT2D eigenvalue weighted by Gasteiger charge is 2.40. The van der Waals surface area contributed by atoms with Crippen molar-refractivity contribution < 1.29 is 9.84 Å². The highest BCUT2D eigenvalue weighted by molar-refractivity contribution is 5.21. The molecule has 0 bridgehead atoms. The molecular weight excluding hydrogens is 200 g/mol. The Labute approximate surface area is 99.7 Å². The number of hydrogen-bond acceptors (Lipinski definition) is 2. The van der Waals surface area contributed by atoms with E-state index in [4.69, 9.17) is 4.74 Å². The first-order chi connectivity index (χ1) is 7.49. The smallest absolute Gasteiger partial charge is 0.0662 e. The summed E-state index contributed by atoms with van der Waals surface area (Å²) in [6, 6.07) is 0. The van der Waals surface area contributed by atoms with E-state index in [1.807, 2.05) is 6.92 Å². The van der Waals surface area contributed by atoms with E-state index in [2.05, 4.69) is 19.9 Å². The largest absolute Gasteiger partial charge is 0.390 e. The van der Waals surface area contributed by atoms with E-state index in [0.29, 0.717) is 0 Å². The summed E-state index contributed by atoms with van der Waals surface area (Å²) in [5, 5.41) is 10.2. The highest BCUT2D eigenvalue weighted by Crippen LogP contribution is 2.48. The molecule has 1 aliphatic rings. The zero-order chi connectivity index (χ0) is 12.2. The van der Waals surface area contributed by atoms with Gasteiger partial charge in [-0.25, -0.2) is 0 Å². The van der Waals surface area contributed by atoms with Gasteiger partial charge in [-0.2, -0.15) is 0 Å². The van der Waals surface area contributed by atoms with Crippen LogP contribution in [0.1, 0.15) is 52.9 Å². The fraction of sp³-hybridized carbons (Fsp3) is 0.857. The van der Waals surface area contributed by atoms with Crippen LogP contribution in [-0.2, 0) is 4.74 Å². The molecule has 0 aliphatic heterocycles. The molecule has 1 unspecified atom stereocenters. The van der Waals surface area contributed by atoms with Crippen LogP contribution in [0.15, 0.2) is 11.6 Å². The molecule has 0 heterocycles. The number of rotatable bonds is 5. The Hall–Kier alpha value is -0.340. The van der Waals surface area contributed by atoms with Crippen molar-refractivity contribution in [2.45, 2.75) is 58.5 Å². The van der Waals surface area contributed by atoms with Gasteiger partial charge in [0.2, 0.25) is 0 Å². The van der Waals surface area contributed by atoms with Gasteiger partial charge in [0.15, 0.2) is 0 Å². The van der Waals surface area contributed by atoms with Crippen LogP contribution in [0.3, 0.4) is 0 Å². The lowest BCUT2D eigenvalue weighted by atomic mass is 9.63. The maximum Gasteiger partial charge on any atom is 0.0662 e. The first-order valence-corrected chi connectivity index (χ1v) is 6.40. The zero-order valence-corrected chi connectivity index (χ0v) is 11.2. The van der Waals surface area contributed by atoms with Crippen LogP contribution < -0.4 is 0 Å². The van der Waals surface area contributed by atoms with Gasteiger partial charge in [0.25, 0.3) is 0 Å². The van der Waals surface area contributed by atoms with Crippen molar-refractivity contribution in [1.82, 2.24) is 0 Å². The lowest BCUT2D eigenvalue weighted by Gasteiger charge is -2.44. The van der Waals surface area contributed by atoms with E-state index in [1.54, 1.807) is 7.11 Å². The van der Waals surface area contributed by atoms with Gasteiger partial charge in [0.1, 0.15) is 0 Å². The first-order valence-electron chi connectivity index (χ1n) is 6.40. The second-order valence-electron chi connectivity index (χ2n) is 5.34. The zero-order valence-electron chi connectivity index (χ0n) is 11.2. The van der Waals surface area contributed by atoms with Gasteiger partial charge in [0.05, 0.1) is 5.60 Å². The van der Waals surface area contributed by atoms with Gasteiger partial charge >= 0.3 is 0 Å². The lowest BCUT2D eigenvalue weighted by Crippen LogP contribution is -2.39. The molecule has 1 atom stereocenters. The van der Waals surface area contributed by atoms with Gasteiger partial charge in [-0.3, -0.25) is 0 Å². The minimum Gasteiger partial charge on any atom is -0.390 e. The second-order valence-corrected chi connectivity index (χ2v) is 5.34. The quantitative estimate of drug-likeness (QED) is 0.729. The van der Waals surface area contributed by atoms with E-state index < -0.39 is 5.60 Å². The van der Waals surface area contributed by atoms with E-state index >= 15 is 0 Å². The maximum atomic E-state index is 10.2. The van der Waals surface area contributed by atoms with Gasteiger partial charge in [-0.1, -0.05) is 25.5 Å². The van der Waals surface area contributed by atoms with E-state index in [9.17, 15) is 5.11 Å². The molecule has 2 heteroatoms. The Kier molecular flexibility index (Phi) is 4.57. The fourth-order valence-electron chi connectivity index (χ4n) is 3.01.